The van der Waals surface area contributed by atoms with E-state index in [9.17, 15) is 9.59 Å². The van der Waals surface area contributed by atoms with E-state index in [0.717, 1.165) is 11.1 Å². The van der Waals surface area contributed by atoms with E-state index in [-0.39, 0.29) is 12.1 Å². The van der Waals surface area contributed by atoms with Gasteiger partial charge in [0.1, 0.15) is 17.0 Å². The summed E-state index contributed by atoms with van der Waals surface area (Å²) < 4.78 is 1.50. The Morgan fingerprint density at radius 1 is 1.07 bits per heavy atom. The number of carbonyl (C=O) groups is 1. The van der Waals surface area contributed by atoms with Crippen molar-refractivity contribution in [1.82, 2.24) is 14.5 Å². The Balaban J connectivity index is 1.78. The van der Waals surface area contributed by atoms with Gasteiger partial charge in [-0.2, -0.15) is 0 Å². The molecule has 3 aromatic heterocycles. The summed E-state index contributed by atoms with van der Waals surface area (Å²) in [6.07, 6.45) is 3.23. The standard InChI is InChI=1S/C22H17ClN4O2/c1-14-8-10-24-19(11-14)26-21(28)18-12-16-3-2-9-25-20(16)27(22(18)29)13-15-4-6-17(23)7-5-15/h2-12H,13H2,1H3,(H,24,26,28). The highest BCUT2D eigenvalue weighted by atomic mass is 35.5. The van der Waals surface area contributed by atoms with Gasteiger partial charge in [0.15, 0.2) is 0 Å². The number of aromatic nitrogens is 3. The van der Waals surface area contributed by atoms with Crippen LogP contribution in [0.1, 0.15) is 21.5 Å². The number of pyridine rings is 3. The second-order valence-corrected chi connectivity index (χ2v) is 7.10. The fourth-order valence-corrected chi connectivity index (χ4v) is 3.20. The lowest BCUT2D eigenvalue weighted by Gasteiger charge is -2.12. The van der Waals surface area contributed by atoms with Crippen molar-refractivity contribution in [2.75, 3.05) is 5.32 Å². The molecule has 4 rings (SSSR count). The fourth-order valence-electron chi connectivity index (χ4n) is 3.08. The molecule has 4 aromatic rings. The van der Waals surface area contributed by atoms with Gasteiger partial charge in [-0.1, -0.05) is 23.7 Å². The van der Waals surface area contributed by atoms with Gasteiger partial charge < -0.3 is 5.32 Å². The summed E-state index contributed by atoms with van der Waals surface area (Å²) in [7, 11) is 0. The molecule has 0 radical (unpaired) electrons. The highest BCUT2D eigenvalue weighted by Gasteiger charge is 2.17. The summed E-state index contributed by atoms with van der Waals surface area (Å²) in [4.78, 5) is 34.5. The van der Waals surface area contributed by atoms with E-state index in [1.165, 1.54) is 4.57 Å². The molecule has 0 fully saturated rings. The lowest BCUT2D eigenvalue weighted by Crippen LogP contribution is -2.30. The average molecular weight is 405 g/mol. The van der Waals surface area contributed by atoms with Gasteiger partial charge in [0.2, 0.25) is 0 Å². The number of rotatable bonds is 4. The first kappa shape index (κ1) is 18.8. The predicted octanol–water partition coefficient (Wildman–Crippen LogP) is 4.05. The third-order valence-electron chi connectivity index (χ3n) is 4.50. The van der Waals surface area contributed by atoms with Crippen LogP contribution in [0, 0.1) is 6.92 Å². The van der Waals surface area contributed by atoms with Crippen LogP contribution in [0.4, 0.5) is 5.82 Å². The van der Waals surface area contributed by atoms with Gasteiger partial charge in [-0.15, -0.1) is 0 Å². The molecule has 0 atom stereocenters. The van der Waals surface area contributed by atoms with E-state index in [0.29, 0.717) is 21.9 Å². The van der Waals surface area contributed by atoms with Gasteiger partial charge in [-0.25, -0.2) is 9.97 Å². The highest BCUT2D eigenvalue weighted by Crippen LogP contribution is 2.16. The Morgan fingerprint density at radius 3 is 2.62 bits per heavy atom. The minimum Gasteiger partial charge on any atom is -0.306 e. The zero-order chi connectivity index (χ0) is 20.4. The van der Waals surface area contributed by atoms with Crippen LogP contribution < -0.4 is 10.9 Å². The Bertz CT molecular complexity index is 1270. The second-order valence-electron chi connectivity index (χ2n) is 6.66. The number of benzene rings is 1. The first-order valence-corrected chi connectivity index (χ1v) is 9.36. The van der Waals surface area contributed by atoms with E-state index in [2.05, 4.69) is 15.3 Å². The molecule has 0 bridgehead atoms. The molecule has 0 aliphatic carbocycles. The fraction of sp³-hybridized carbons (Fsp3) is 0.0909. The van der Waals surface area contributed by atoms with Crippen molar-refractivity contribution in [3.63, 3.8) is 0 Å². The summed E-state index contributed by atoms with van der Waals surface area (Å²) in [5, 5.41) is 4.01. The molecule has 0 spiro atoms. The van der Waals surface area contributed by atoms with E-state index >= 15 is 0 Å². The van der Waals surface area contributed by atoms with Crippen molar-refractivity contribution in [1.29, 1.82) is 0 Å². The molecule has 144 valence electrons. The average Bonchev–Trinajstić information content (AvgIpc) is 2.71. The van der Waals surface area contributed by atoms with Crippen LogP contribution in [0.15, 0.2) is 71.8 Å². The molecule has 0 saturated heterocycles. The quantitative estimate of drug-likeness (QED) is 0.556. The van der Waals surface area contributed by atoms with E-state index in [1.54, 1.807) is 42.7 Å². The van der Waals surface area contributed by atoms with E-state index in [1.807, 2.05) is 31.2 Å². The minimum absolute atomic E-state index is 0.0303. The first-order chi connectivity index (χ1) is 14.0. The monoisotopic (exact) mass is 404 g/mol. The maximum Gasteiger partial charge on any atom is 0.265 e. The SMILES string of the molecule is Cc1ccnc(NC(=O)c2cc3cccnc3n(Cc3ccc(Cl)cc3)c2=O)c1. The van der Waals surface area contributed by atoms with Crippen molar-refractivity contribution < 1.29 is 4.79 Å². The first-order valence-electron chi connectivity index (χ1n) is 8.98. The molecule has 1 N–H and O–H groups in total. The third kappa shape index (κ3) is 4.02. The number of nitrogens with zero attached hydrogens (tertiary/aromatic N) is 3. The van der Waals surface area contributed by atoms with Gasteiger partial charge in [-0.05, 0) is 60.5 Å². The van der Waals surface area contributed by atoms with Gasteiger partial charge >= 0.3 is 0 Å². The van der Waals surface area contributed by atoms with Crippen molar-refractivity contribution in [2.24, 2.45) is 0 Å². The van der Waals surface area contributed by atoms with E-state index in [4.69, 9.17) is 11.6 Å². The maximum absolute atomic E-state index is 13.2. The third-order valence-corrected chi connectivity index (χ3v) is 4.76. The lowest BCUT2D eigenvalue weighted by atomic mass is 10.1. The number of fused-ring (bicyclic) bond motifs is 1. The van der Waals surface area contributed by atoms with Crippen LogP contribution in [0.2, 0.25) is 5.02 Å². The van der Waals surface area contributed by atoms with Crippen molar-refractivity contribution >= 4 is 34.4 Å². The van der Waals surface area contributed by atoms with Crippen LogP contribution in [-0.2, 0) is 6.54 Å². The lowest BCUT2D eigenvalue weighted by molar-refractivity contribution is 0.102. The molecule has 29 heavy (non-hydrogen) atoms. The summed E-state index contributed by atoms with van der Waals surface area (Å²) in [5.74, 6) is -0.117. The summed E-state index contributed by atoms with van der Waals surface area (Å²) in [6, 6.07) is 15.9. The topological polar surface area (TPSA) is 76.9 Å². The van der Waals surface area contributed by atoms with Gasteiger partial charge in [0.05, 0.1) is 6.54 Å². The molecular weight excluding hydrogens is 388 g/mol. The van der Waals surface area contributed by atoms with Crippen molar-refractivity contribution in [3.8, 4) is 0 Å². The number of carbonyl (C=O) groups excluding carboxylic acids is 1. The maximum atomic E-state index is 13.2. The number of anilines is 1. The van der Waals surface area contributed by atoms with Crippen LogP contribution in [0.5, 0.6) is 0 Å². The van der Waals surface area contributed by atoms with Gasteiger partial charge in [0, 0.05) is 22.8 Å². The largest absolute Gasteiger partial charge is 0.306 e. The summed E-state index contributed by atoms with van der Waals surface area (Å²) in [5.41, 5.74) is 1.95. The highest BCUT2D eigenvalue weighted by molar-refractivity contribution is 6.30. The zero-order valence-electron chi connectivity index (χ0n) is 15.6. The van der Waals surface area contributed by atoms with Crippen LogP contribution in [-0.4, -0.2) is 20.4 Å². The molecule has 0 saturated carbocycles. The molecule has 1 aromatic carbocycles. The van der Waals surface area contributed by atoms with Gasteiger partial charge in [-0.3, -0.25) is 14.2 Å². The van der Waals surface area contributed by atoms with Crippen LogP contribution >= 0.6 is 11.6 Å². The van der Waals surface area contributed by atoms with E-state index < -0.39 is 11.5 Å². The number of amides is 1. The minimum atomic E-state index is -0.510. The van der Waals surface area contributed by atoms with Gasteiger partial charge in [0.25, 0.3) is 11.5 Å². The normalized spacial score (nSPS) is 10.8. The van der Waals surface area contributed by atoms with Crippen molar-refractivity contribution in [3.05, 3.63) is 99.1 Å². The molecule has 7 heteroatoms. The number of nitrogens with one attached hydrogen (secondary N) is 1. The molecule has 3 heterocycles. The number of aryl methyl sites for hydroxylation is 1. The summed E-state index contributed by atoms with van der Waals surface area (Å²) in [6.45, 7) is 2.17. The predicted molar refractivity (Wildman–Crippen MR) is 113 cm³/mol. The Morgan fingerprint density at radius 2 is 1.86 bits per heavy atom. The Hall–Kier alpha value is -3.51. The Kier molecular flexibility index (Phi) is 5.10. The molecular formula is C22H17ClN4O2. The second kappa shape index (κ2) is 7.85. The zero-order valence-corrected chi connectivity index (χ0v) is 16.3. The van der Waals surface area contributed by atoms with Crippen LogP contribution in [0.25, 0.3) is 11.0 Å². The molecule has 0 aliphatic rings. The number of halogens is 1. The van der Waals surface area contributed by atoms with Crippen molar-refractivity contribution in [2.45, 2.75) is 13.5 Å². The molecule has 1 amide bonds. The smallest absolute Gasteiger partial charge is 0.265 e. The Labute approximate surface area is 171 Å². The summed E-state index contributed by atoms with van der Waals surface area (Å²) >= 11 is 5.96. The van der Waals surface area contributed by atoms with Crippen LogP contribution in [0.3, 0.4) is 0 Å². The molecule has 0 unspecified atom stereocenters. The number of hydrogen-bond acceptors (Lipinski definition) is 4. The molecule has 6 nitrogen and oxygen atoms in total. The number of hydrogen-bond donors (Lipinski definition) is 1. The molecule has 0 aliphatic heterocycles.